The molecule has 3 nitrogen and oxygen atoms in total. The molecule has 1 heterocycles. The first-order valence-corrected chi connectivity index (χ1v) is 6.14. The van der Waals surface area contributed by atoms with Gasteiger partial charge >= 0.3 is 0 Å². The summed E-state index contributed by atoms with van der Waals surface area (Å²) in [4.78, 5) is 0.657. The number of aliphatic hydroxyl groups excluding tert-OH is 1. The molecule has 1 atom stereocenters. The van der Waals surface area contributed by atoms with Crippen LogP contribution in [-0.2, 0) is 6.42 Å². The molecule has 0 saturated heterocycles. The minimum atomic E-state index is -0.803. The minimum absolute atomic E-state index is 0.164. The number of nitrogens with zero attached hydrogens (tertiary/aromatic N) is 2. The van der Waals surface area contributed by atoms with Crippen LogP contribution in [0.3, 0.4) is 0 Å². The zero-order valence-corrected chi connectivity index (χ0v) is 10.6. The van der Waals surface area contributed by atoms with Gasteiger partial charge in [-0.2, -0.15) is 0 Å². The molecule has 2 aromatic rings. The first kappa shape index (κ1) is 12.4. The third-order valence-corrected chi connectivity index (χ3v) is 3.57. The van der Waals surface area contributed by atoms with Crippen LogP contribution in [0.4, 0.5) is 4.39 Å². The summed E-state index contributed by atoms with van der Waals surface area (Å²) in [6, 6.07) is 4.29. The summed E-state index contributed by atoms with van der Waals surface area (Å²) in [5, 5.41) is 14.2. The van der Waals surface area contributed by atoms with Crippen molar-refractivity contribution in [2.75, 3.05) is 0 Å². The minimum Gasteiger partial charge on any atom is -0.387 e. The van der Waals surface area contributed by atoms with Crippen molar-refractivity contribution in [3.05, 3.63) is 45.2 Å². The molecule has 0 spiro atoms. The van der Waals surface area contributed by atoms with Crippen LogP contribution in [0.2, 0.25) is 5.02 Å². The van der Waals surface area contributed by atoms with Gasteiger partial charge in [0.15, 0.2) is 0 Å². The maximum atomic E-state index is 13.5. The molecule has 90 valence electrons. The maximum Gasteiger partial charge on any atom is 0.126 e. The SMILES string of the molecule is Cc1nnsc1C(O)Cc1cc(Cl)ccc1F. The van der Waals surface area contributed by atoms with Gasteiger partial charge in [-0.1, -0.05) is 16.1 Å². The lowest BCUT2D eigenvalue weighted by Gasteiger charge is -2.09. The van der Waals surface area contributed by atoms with Gasteiger partial charge < -0.3 is 5.11 Å². The Balaban J connectivity index is 2.21. The van der Waals surface area contributed by atoms with Crippen molar-refractivity contribution >= 4 is 23.1 Å². The second-order valence-corrected chi connectivity index (χ2v) is 4.90. The second-order valence-electron chi connectivity index (χ2n) is 3.68. The molecule has 1 aromatic carbocycles. The van der Waals surface area contributed by atoms with Crippen LogP contribution >= 0.6 is 23.1 Å². The van der Waals surface area contributed by atoms with Crippen LogP contribution in [0.25, 0.3) is 0 Å². The number of rotatable bonds is 3. The van der Waals surface area contributed by atoms with Gasteiger partial charge in [-0.3, -0.25) is 0 Å². The fourth-order valence-corrected chi connectivity index (χ4v) is 2.37. The molecule has 1 N–H and O–H groups in total. The lowest BCUT2D eigenvalue weighted by Crippen LogP contribution is -2.03. The van der Waals surface area contributed by atoms with Crippen molar-refractivity contribution < 1.29 is 9.50 Å². The number of hydrogen-bond acceptors (Lipinski definition) is 4. The predicted octanol–water partition coefficient (Wildman–Crippen LogP) is 2.92. The monoisotopic (exact) mass is 272 g/mol. The quantitative estimate of drug-likeness (QED) is 0.934. The van der Waals surface area contributed by atoms with Gasteiger partial charge in [-0.05, 0) is 42.2 Å². The average Bonchev–Trinajstić information content (AvgIpc) is 2.70. The van der Waals surface area contributed by atoms with E-state index in [0.717, 1.165) is 11.5 Å². The highest BCUT2D eigenvalue weighted by atomic mass is 35.5. The Labute approximate surface area is 107 Å². The van der Waals surface area contributed by atoms with Crippen molar-refractivity contribution in [3.8, 4) is 0 Å². The van der Waals surface area contributed by atoms with Crippen LogP contribution < -0.4 is 0 Å². The molecule has 1 unspecified atom stereocenters. The third-order valence-electron chi connectivity index (χ3n) is 2.41. The predicted molar refractivity (Wildman–Crippen MR) is 64.7 cm³/mol. The highest BCUT2D eigenvalue weighted by Crippen LogP contribution is 2.25. The molecular formula is C11H10ClFN2OS. The Bertz CT molecular complexity index is 532. The second kappa shape index (κ2) is 5.08. The maximum absolute atomic E-state index is 13.5. The van der Waals surface area contributed by atoms with Crippen LogP contribution in [0, 0.1) is 12.7 Å². The Hall–Kier alpha value is -1.04. The van der Waals surface area contributed by atoms with Gasteiger partial charge in [-0.15, -0.1) is 5.10 Å². The van der Waals surface area contributed by atoms with E-state index in [9.17, 15) is 9.50 Å². The molecular weight excluding hydrogens is 263 g/mol. The van der Waals surface area contributed by atoms with E-state index in [2.05, 4.69) is 9.59 Å². The molecule has 0 aliphatic rings. The zero-order valence-electron chi connectivity index (χ0n) is 9.02. The van der Waals surface area contributed by atoms with Gasteiger partial charge in [0.2, 0.25) is 0 Å². The summed E-state index contributed by atoms with van der Waals surface area (Å²) in [5.74, 6) is -0.372. The molecule has 0 fully saturated rings. The lowest BCUT2D eigenvalue weighted by atomic mass is 10.1. The van der Waals surface area contributed by atoms with Crippen LogP contribution in [-0.4, -0.2) is 14.7 Å². The summed E-state index contributed by atoms with van der Waals surface area (Å²) in [7, 11) is 0. The van der Waals surface area contributed by atoms with E-state index >= 15 is 0 Å². The van der Waals surface area contributed by atoms with E-state index < -0.39 is 6.10 Å². The smallest absolute Gasteiger partial charge is 0.126 e. The molecule has 17 heavy (non-hydrogen) atoms. The lowest BCUT2D eigenvalue weighted by molar-refractivity contribution is 0.180. The summed E-state index contributed by atoms with van der Waals surface area (Å²) >= 11 is 6.91. The summed E-state index contributed by atoms with van der Waals surface area (Å²) in [6.45, 7) is 1.76. The van der Waals surface area contributed by atoms with Gasteiger partial charge in [0.25, 0.3) is 0 Å². The van der Waals surface area contributed by atoms with Crippen LogP contribution in [0.1, 0.15) is 22.2 Å². The summed E-state index contributed by atoms with van der Waals surface area (Å²) < 4.78 is 17.2. The van der Waals surface area contributed by atoms with Crippen LogP contribution in [0.5, 0.6) is 0 Å². The fourth-order valence-electron chi connectivity index (χ4n) is 1.54. The largest absolute Gasteiger partial charge is 0.387 e. The van der Waals surface area contributed by atoms with E-state index in [4.69, 9.17) is 11.6 Å². The number of halogens is 2. The molecule has 2 rings (SSSR count). The number of benzene rings is 1. The zero-order chi connectivity index (χ0) is 12.4. The van der Waals surface area contributed by atoms with E-state index in [-0.39, 0.29) is 12.2 Å². The van der Waals surface area contributed by atoms with Crippen LogP contribution in [0.15, 0.2) is 18.2 Å². The highest BCUT2D eigenvalue weighted by Gasteiger charge is 2.16. The molecule has 0 amide bonds. The Kier molecular flexibility index (Phi) is 3.71. The summed E-state index contributed by atoms with van der Waals surface area (Å²) in [5.41, 5.74) is 1.06. The fraction of sp³-hybridized carbons (Fsp3) is 0.273. The van der Waals surface area contributed by atoms with E-state index in [1.54, 1.807) is 6.92 Å². The van der Waals surface area contributed by atoms with Crippen molar-refractivity contribution in [2.45, 2.75) is 19.4 Å². The van der Waals surface area contributed by atoms with E-state index in [1.165, 1.54) is 18.2 Å². The number of aliphatic hydroxyl groups is 1. The van der Waals surface area contributed by atoms with Gasteiger partial charge in [0.05, 0.1) is 16.7 Å². The van der Waals surface area contributed by atoms with Gasteiger partial charge in [0, 0.05) is 11.4 Å². The van der Waals surface area contributed by atoms with Gasteiger partial charge in [-0.25, -0.2) is 4.39 Å². The number of hydrogen-bond donors (Lipinski definition) is 1. The van der Waals surface area contributed by atoms with E-state index in [1.807, 2.05) is 0 Å². The average molecular weight is 273 g/mol. The molecule has 1 aromatic heterocycles. The van der Waals surface area contributed by atoms with Crippen molar-refractivity contribution in [2.24, 2.45) is 0 Å². The third kappa shape index (κ3) is 2.80. The van der Waals surface area contributed by atoms with Crippen molar-refractivity contribution in [1.29, 1.82) is 0 Å². The molecule has 0 aliphatic carbocycles. The Morgan fingerprint density at radius 1 is 1.53 bits per heavy atom. The van der Waals surface area contributed by atoms with Gasteiger partial charge in [0.1, 0.15) is 5.82 Å². The van der Waals surface area contributed by atoms with Crippen molar-refractivity contribution in [3.63, 3.8) is 0 Å². The molecule has 6 heteroatoms. The Morgan fingerprint density at radius 2 is 2.29 bits per heavy atom. The number of aryl methyl sites for hydroxylation is 1. The molecule has 0 aliphatic heterocycles. The topological polar surface area (TPSA) is 46.0 Å². The summed E-state index contributed by atoms with van der Waals surface area (Å²) in [6.07, 6.45) is -0.639. The molecule has 0 saturated carbocycles. The molecule has 0 bridgehead atoms. The Morgan fingerprint density at radius 3 is 2.94 bits per heavy atom. The highest BCUT2D eigenvalue weighted by molar-refractivity contribution is 7.05. The normalized spacial score (nSPS) is 12.7. The molecule has 0 radical (unpaired) electrons. The first-order chi connectivity index (χ1) is 8.08. The first-order valence-electron chi connectivity index (χ1n) is 4.98. The van der Waals surface area contributed by atoms with Crippen molar-refractivity contribution in [1.82, 2.24) is 9.59 Å². The number of aromatic nitrogens is 2. The van der Waals surface area contributed by atoms with E-state index in [0.29, 0.717) is 21.2 Å². The standard InChI is InChI=1S/C11H10ClFN2OS/c1-6-11(17-15-14-6)10(16)5-7-4-8(12)2-3-9(7)13/h2-4,10,16H,5H2,1H3.